The van der Waals surface area contributed by atoms with Crippen LogP contribution in [0.5, 0.6) is 0 Å². The van der Waals surface area contributed by atoms with Gasteiger partial charge in [0.15, 0.2) is 5.56 Å². The van der Waals surface area contributed by atoms with Crippen LogP contribution >= 0.6 is 0 Å². The van der Waals surface area contributed by atoms with Crippen LogP contribution in [0, 0.1) is 15.9 Å². The summed E-state index contributed by atoms with van der Waals surface area (Å²) in [5, 5.41) is 18.9. The molecule has 0 saturated heterocycles. The number of carboxylic acid groups (broad SMARTS) is 1. The molecule has 0 radical (unpaired) electrons. The van der Waals surface area contributed by atoms with E-state index in [4.69, 9.17) is 10.8 Å². The highest BCUT2D eigenvalue weighted by Gasteiger charge is 2.24. The molecule has 0 unspecified atom stereocenters. The molecule has 0 aliphatic carbocycles. The lowest BCUT2D eigenvalue weighted by atomic mass is 10.1. The number of carbonyl (C=O) groups is 1. The fourth-order valence-corrected chi connectivity index (χ4v) is 0.990. The lowest BCUT2D eigenvalue weighted by molar-refractivity contribution is -0.385. The second kappa shape index (κ2) is 3.29. The average molecular weight is 200 g/mol. The first-order chi connectivity index (χ1) is 6.43. The Bertz CT molecular complexity index is 418. The van der Waals surface area contributed by atoms with Crippen LogP contribution in [0.3, 0.4) is 0 Å². The summed E-state index contributed by atoms with van der Waals surface area (Å²) >= 11 is 0. The Morgan fingerprint density at radius 2 is 2.14 bits per heavy atom. The van der Waals surface area contributed by atoms with E-state index in [-0.39, 0.29) is 0 Å². The molecule has 1 aromatic carbocycles. The number of hydrogen-bond acceptors (Lipinski definition) is 4. The van der Waals surface area contributed by atoms with E-state index < -0.39 is 33.6 Å². The minimum absolute atomic E-state index is 0.468. The normalized spacial score (nSPS) is 9.79. The molecule has 0 fully saturated rings. The minimum atomic E-state index is -1.56. The van der Waals surface area contributed by atoms with Gasteiger partial charge in [-0.25, -0.2) is 9.18 Å². The first-order valence-electron chi connectivity index (χ1n) is 3.40. The number of nitrogen functional groups attached to an aromatic ring is 1. The number of anilines is 1. The van der Waals surface area contributed by atoms with Crippen molar-refractivity contribution in [2.75, 3.05) is 5.73 Å². The molecular formula is C7H5FN2O4. The maximum Gasteiger partial charge on any atom is 0.344 e. The smallest absolute Gasteiger partial charge is 0.344 e. The summed E-state index contributed by atoms with van der Waals surface area (Å²) in [7, 11) is 0. The molecule has 0 aliphatic heterocycles. The molecule has 0 bridgehead atoms. The molecule has 0 heterocycles. The molecule has 0 spiro atoms. The quantitative estimate of drug-likeness (QED) is 0.421. The van der Waals surface area contributed by atoms with Gasteiger partial charge in [0.2, 0.25) is 0 Å². The van der Waals surface area contributed by atoms with E-state index in [0.29, 0.717) is 6.07 Å². The lowest BCUT2D eigenvalue weighted by Crippen LogP contribution is -2.07. The number of carboxylic acids is 1. The van der Waals surface area contributed by atoms with E-state index in [9.17, 15) is 19.3 Å². The van der Waals surface area contributed by atoms with E-state index in [1.165, 1.54) is 0 Å². The van der Waals surface area contributed by atoms with Crippen LogP contribution in [-0.4, -0.2) is 16.0 Å². The third-order valence-corrected chi connectivity index (χ3v) is 1.52. The van der Waals surface area contributed by atoms with Gasteiger partial charge in [0.25, 0.3) is 5.69 Å². The summed E-state index contributed by atoms with van der Waals surface area (Å²) in [6.45, 7) is 0. The molecule has 7 heteroatoms. The Labute approximate surface area is 76.9 Å². The number of hydrogen-bond donors (Lipinski definition) is 2. The zero-order valence-electron chi connectivity index (χ0n) is 6.73. The summed E-state index contributed by atoms with van der Waals surface area (Å²) in [5.74, 6) is -2.51. The number of benzene rings is 1. The molecule has 3 N–H and O–H groups in total. The molecule has 0 aliphatic rings. The van der Waals surface area contributed by atoms with Crippen molar-refractivity contribution in [1.82, 2.24) is 0 Å². The Hall–Kier alpha value is -2.18. The number of halogens is 1. The number of aromatic carboxylic acids is 1. The highest BCUT2D eigenvalue weighted by molar-refractivity contribution is 5.98. The monoisotopic (exact) mass is 200 g/mol. The minimum Gasteiger partial charge on any atom is -0.477 e. The van der Waals surface area contributed by atoms with Gasteiger partial charge < -0.3 is 10.8 Å². The summed E-state index contributed by atoms with van der Waals surface area (Å²) < 4.78 is 12.7. The molecule has 6 nitrogen and oxygen atoms in total. The highest BCUT2D eigenvalue weighted by Crippen LogP contribution is 2.25. The molecule has 0 amide bonds. The second-order valence-corrected chi connectivity index (χ2v) is 2.45. The SMILES string of the molecule is Nc1cc(F)cc([N+](=O)[O-])c1C(=O)O. The predicted octanol–water partition coefficient (Wildman–Crippen LogP) is 1.01. The van der Waals surface area contributed by atoms with E-state index in [1.54, 1.807) is 0 Å². The molecule has 1 aromatic rings. The van der Waals surface area contributed by atoms with Gasteiger partial charge in [0, 0.05) is 0 Å². The Morgan fingerprint density at radius 1 is 1.57 bits per heavy atom. The van der Waals surface area contributed by atoms with Crippen molar-refractivity contribution in [2.24, 2.45) is 0 Å². The van der Waals surface area contributed by atoms with Gasteiger partial charge in [0.1, 0.15) is 5.82 Å². The first kappa shape index (κ1) is 9.90. The van der Waals surface area contributed by atoms with Crippen LogP contribution in [0.25, 0.3) is 0 Å². The summed E-state index contributed by atoms with van der Waals surface area (Å²) in [4.78, 5) is 19.9. The highest BCUT2D eigenvalue weighted by atomic mass is 19.1. The summed E-state index contributed by atoms with van der Waals surface area (Å²) in [6.07, 6.45) is 0. The second-order valence-electron chi connectivity index (χ2n) is 2.45. The maximum absolute atomic E-state index is 12.7. The molecule has 0 aromatic heterocycles. The lowest BCUT2D eigenvalue weighted by Gasteiger charge is -2.01. The van der Waals surface area contributed by atoms with Gasteiger partial charge in [-0.3, -0.25) is 10.1 Å². The number of rotatable bonds is 2. The van der Waals surface area contributed by atoms with Crippen LogP contribution in [0.2, 0.25) is 0 Å². The zero-order chi connectivity index (χ0) is 10.9. The van der Waals surface area contributed by atoms with Crippen LogP contribution in [0.1, 0.15) is 10.4 Å². The van der Waals surface area contributed by atoms with Gasteiger partial charge >= 0.3 is 5.97 Å². The topological polar surface area (TPSA) is 106 Å². The molecule has 0 saturated carbocycles. The number of nitro benzene ring substituents is 1. The van der Waals surface area contributed by atoms with Gasteiger partial charge in [0.05, 0.1) is 16.7 Å². The van der Waals surface area contributed by atoms with Crippen molar-refractivity contribution in [3.8, 4) is 0 Å². The van der Waals surface area contributed by atoms with E-state index >= 15 is 0 Å². The van der Waals surface area contributed by atoms with Crippen molar-refractivity contribution in [2.45, 2.75) is 0 Å². The molecular weight excluding hydrogens is 195 g/mol. The van der Waals surface area contributed by atoms with Gasteiger partial charge in [-0.1, -0.05) is 0 Å². The number of nitrogens with zero attached hydrogens (tertiary/aromatic N) is 1. The van der Waals surface area contributed by atoms with Crippen LogP contribution in [0.4, 0.5) is 15.8 Å². The van der Waals surface area contributed by atoms with Crippen molar-refractivity contribution < 1.29 is 19.2 Å². The van der Waals surface area contributed by atoms with Crippen LogP contribution in [0.15, 0.2) is 12.1 Å². The van der Waals surface area contributed by atoms with Crippen molar-refractivity contribution in [1.29, 1.82) is 0 Å². The van der Waals surface area contributed by atoms with Gasteiger partial charge in [-0.05, 0) is 6.07 Å². The van der Waals surface area contributed by atoms with Crippen molar-refractivity contribution in [3.63, 3.8) is 0 Å². The standard InChI is InChI=1S/C7H5FN2O4/c8-3-1-4(9)6(7(11)12)5(2-3)10(13)14/h1-2H,9H2,(H,11,12). The Morgan fingerprint density at radius 3 is 2.57 bits per heavy atom. The Kier molecular flexibility index (Phi) is 2.32. The van der Waals surface area contributed by atoms with Crippen molar-refractivity contribution in [3.05, 3.63) is 33.6 Å². The van der Waals surface area contributed by atoms with E-state index in [1.807, 2.05) is 0 Å². The van der Waals surface area contributed by atoms with Gasteiger partial charge in [-0.2, -0.15) is 0 Å². The molecule has 14 heavy (non-hydrogen) atoms. The zero-order valence-corrected chi connectivity index (χ0v) is 6.73. The third kappa shape index (κ3) is 1.60. The molecule has 74 valence electrons. The number of nitro groups is 1. The summed E-state index contributed by atoms with van der Waals surface area (Å²) in [5.41, 5.74) is 3.12. The average Bonchev–Trinajstić information content (AvgIpc) is 2.01. The molecule has 0 atom stereocenters. The van der Waals surface area contributed by atoms with Crippen LogP contribution in [-0.2, 0) is 0 Å². The largest absolute Gasteiger partial charge is 0.477 e. The first-order valence-corrected chi connectivity index (χ1v) is 3.40. The summed E-state index contributed by atoms with van der Waals surface area (Å²) in [6, 6.07) is 1.23. The predicted molar refractivity (Wildman–Crippen MR) is 44.4 cm³/mol. The van der Waals surface area contributed by atoms with Gasteiger partial charge in [-0.15, -0.1) is 0 Å². The number of nitrogens with two attached hydrogens (primary N) is 1. The molecule has 1 rings (SSSR count). The van der Waals surface area contributed by atoms with Crippen LogP contribution < -0.4 is 5.73 Å². The Balaban J connectivity index is 3.52. The maximum atomic E-state index is 12.7. The third-order valence-electron chi connectivity index (χ3n) is 1.52. The van der Waals surface area contributed by atoms with Crippen molar-refractivity contribution >= 4 is 17.3 Å². The van der Waals surface area contributed by atoms with E-state index in [2.05, 4.69) is 0 Å². The van der Waals surface area contributed by atoms with E-state index in [0.717, 1.165) is 6.07 Å². The fraction of sp³-hybridized carbons (Fsp3) is 0. The fourth-order valence-electron chi connectivity index (χ4n) is 0.990.